The smallest absolute Gasteiger partial charge is 0.337 e. The van der Waals surface area contributed by atoms with Gasteiger partial charge in [-0.2, -0.15) is 8.78 Å². The van der Waals surface area contributed by atoms with Crippen LogP contribution in [0.3, 0.4) is 0 Å². The van der Waals surface area contributed by atoms with Crippen LogP contribution in [0, 0.1) is 5.82 Å². The lowest BCUT2D eigenvalue weighted by atomic mass is 10.3. The summed E-state index contributed by atoms with van der Waals surface area (Å²) in [5.74, 6) is -6.27. The van der Waals surface area contributed by atoms with Crippen LogP contribution in [-0.2, 0) is 5.92 Å². The lowest BCUT2D eigenvalue weighted by Crippen LogP contribution is -2.25. The monoisotopic (exact) mass is 314 g/mol. The van der Waals surface area contributed by atoms with Gasteiger partial charge in [0.25, 0.3) is 0 Å². The van der Waals surface area contributed by atoms with Crippen molar-refractivity contribution in [3.8, 4) is 0 Å². The quantitative estimate of drug-likeness (QED) is 0.839. The Labute approximate surface area is 100.0 Å². The molecule has 0 unspecified atom stereocenters. The van der Waals surface area contributed by atoms with Gasteiger partial charge in [-0.15, -0.1) is 0 Å². The van der Waals surface area contributed by atoms with Gasteiger partial charge in [0.2, 0.25) is 0 Å². The lowest BCUT2D eigenvalue weighted by molar-refractivity contribution is -0.140. The van der Waals surface area contributed by atoms with Crippen molar-refractivity contribution in [2.75, 3.05) is 0 Å². The average Bonchev–Trinajstić information content (AvgIpc) is 2.62. The summed E-state index contributed by atoms with van der Waals surface area (Å²) in [4.78, 5) is 5.31. The Balaban J connectivity index is 2.59. The van der Waals surface area contributed by atoms with Crippen molar-refractivity contribution in [2.24, 2.45) is 0 Å². The first-order valence-electron chi connectivity index (χ1n) is 4.33. The largest absolute Gasteiger partial charge is 0.363 e. The molecule has 8 heteroatoms. The van der Waals surface area contributed by atoms with Crippen LogP contribution in [-0.4, -0.2) is 16.4 Å². The van der Waals surface area contributed by atoms with Crippen molar-refractivity contribution in [3.63, 3.8) is 0 Å². The van der Waals surface area contributed by atoms with E-state index in [0.717, 1.165) is 12.1 Å². The van der Waals surface area contributed by atoms with Crippen molar-refractivity contribution in [1.82, 2.24) is 9.97 Å². The fourth-order valence-corrected chi connectivity index (χ4v) is 1.60. The topological polar surface area (TPSA) is 28.7 Å². The Morgan fingerprint density at radius 2 is 1.94 bits per heavy atom. The van der Waals surface area contributed by atoms with E-state index in [9.17, 15) is 22.0 Å². The number of nitrogens with one attached hydrogen (secondary N) is 1. The van der Waals surface area contributed by atoms with Crippen molar-refractivity contribution < 1.29 is 22.0 Å². The van der Waals surface area contributed by atoms with Crippen molar-refractivity contribution >= 4 is 27.0 Å². The van der Waals surface area contributed by atoms with E-state index in [1.165, 1.54) is 0 Å². The maximum atomic E-state index is 13.1. The van der Waals surface area contributed by atoms with Crippen LogP contribution in [0.2, 0.25) is 0 Å². The van der Waals surface area contributed by atoms with Crippen LogP contribution < -0.4 is 0 Å². The zero-order valence-corrected chi connectivity index (χ0v) is 9.53. The third kappa shape index (κ3) is 2.01. The summed E-state index contributed by atoms with van der Waals surface area (Å²) in [6, 6.07) is 2.03. The summed E-state index contributed by atoms with van der Waals surface area (Å²) in [5, 5.41) is 0. The molecular formula is C9H4BrF5N2. The molecule has 17 heavy (non-hydrogen) atoms. The molecule has 1 aromatic heterocycles. The molecule has 0 bridgehead atoms. The van der Waals surface area contributed by atoms with Gasteiger partial charge in [-0.25, -0.2) is 18.2 Å². The molecule has 2 nitrogen and oxygen atoms in total. The molecule has 0 aliphatic heterocycles. The predicted molar refractivity (Wildman–Crippen MR) is 53.6 cm³/mol. The zero-order chi connectivity index (χ0) is 12.8. The van der Waals surface area contributed by atoms with E-state index in [2.05, 4.69) is 20.9 Å². The van der Waals surface area contributed by atoms with E-state index < -0.39 is 24.0 Å². The minimum absolute atomic E-state index is 0.0170. The minimum Gasteiger partial charge on any atom is -0.337 e. The van der Waals surface area contributed by atoms with E-state index in [1.54, 1.807) is 0 Å². The van der Waals surface area contributed by atoms with Gasteiger partial charge in [0.1, 0.15) is 5.82 Å². The highest BCUT2D eigenvalue weighted by atomic mass is 79.9. The summed E-state index contributed by atoms with van der Waals surface area (Å²) in [7, 11) is 0. The van der Waals surface area contributed by atoms with Gasteiger partial charge in [-0.1, -0.05) is 0 Å². The van der Waals surface area contributed by atoms with Gasteiger partial charge < -0.3 is 4.98 Å². The van der Waals surface area contributed by atoms with Crippen molar-refractivity contribution in [3.05, 3.63) is 28.2 Å². The number of hydrogen-bond donors (Lipinski definition) is 1. The lowest BCUT2D eigenvalue weighted by Gasteiger charge is -2.11. The van der Waals surface area contributed by atoms with E-state index >= 15 is 0 Å². The molecule has 0 spiro atoms. The third-order valence-electron chi connectivity index (χ3n) is 2.11. The van der Waals surface area contributed by atoms with E-state index in [0.29, 0.717) is 0 Å². The molecule has 0 amide bonds. The molecule has 1 aromatic carbocycles. The van der Waals surface area contributed by atoms with E-state index in [1.807, 2.05) is 4.98 Å². The molecule has 0 atom stereocenters. The Bertz CT molecular complexity index is 527. The van der Waals surface area contributed by atoms with Gasteiger partial charge in [-0.3, -0.25) is 0 Å². The maximum absolute atomic E-state index is 13.1. The number of alkyl halides is 4. The second-order valence-corrected chi connectivity index (χ2v) is 4.15. The van der Waals surface area contributed by atoms with Gasteiger partial charge in [0.15, 0.2) is 5.82 Å². The van der Waals surface area contributed by atoms with Gasteiger partial charge in [0.05, 0.1) is 15.5 Å². The SMILES string of the molecule is Fc1cc2[nH]c(C(F)(F)C(F)F)nc2cc1Br. The normalized spacial score (nSPS) is 12.6. The van der Waals surface area contributed by atoms with Crippen LogP contribution in [0.15, 0.2) is 16.6 Å². The number of nitrogens with zero attached hydrogens (tertiary/aromatic N) is 1. The van der Waals surface area contributed by atoms with Gasteiger partial charge in [0, 0.05) is 6.07 Å². The van der Waals surface area contributed by atoms with Crippen LogP contribution in [0.4, 0.5) is 22.0 Å². The number of fused-ring (bicyclic) bond motifs is 1. The number of aromatic amines is 1. The first-order valence-corrected chi connectivity index (χ1v) is 5.13. The standard InChI is InChI=1S/C9H4BrF5N2/c10-3-1-5-6(2-4(3)11)17-8(16-5)9(14,15)7(12)13/h1-2,7H,(H,16,17). The third-order valence-corrected chi connectivity index (χ3v) is 2.72. The number of imidazole rings is 1. The highest BCUT2D eigenvalue weighted by molar-refractivity contribution is 9.10. The molecule has 0 aliphatic rings. The van der Waals surface area contributed by atoms with Gasteiger partial charge >= 0.3 is 12.3 Å². The van der Waals surface area contributed by atoms with Crippen LogP contribution >= 0.6 is 15.9 Å². The number of benzene rings is 1. The number of H-pyrrole nitrogens is 1. The minimum atomic E-state index is -4.39. The first kappa shape index (κ1) is 12.3. The zero-order valence-electron chi connectivity index (χ0n) is 7.95. The maximum Gasteiger partial charge on any atom is 0.363 e. The molecule has 0 aliphatic carbocycles. The fraction of sp³-hybridized carbons (Fsp3) is 0.222. The first-order chi connectivity index (χ1) is 7.82. The van der Waals surface area contributed by atoms with Crippen LogP contribution in [0.5, 0.6) is 0 Å². The molecule has 0 saturated carbocycles. The molecule has 0 fully saturated rings. The summed E-state index contributed by atoms with van der Waals surface area (Å²) in [5.41, 5.74) is -0.0883. The molecule has 2 aromatic rings. The van der Waals surface area contributed by atoms with Crippen LogP contribution in [0.1, 0.15) is 5.82 Å². The molecule has 1 N–H and O–H groups in total. The highest BCUT2D eigenvalue weighted by Gasteiger charge is 2.45. The average molecular weight is 315 g/mol. The Hall–Kier alpha value is -1.18. The van der Waals surface area contributed by atoms with E-state index in [4.69, 9.17) is 0 Å². The summed E-state index contributed by atoms with van der Waals surface area (Å²) >= 11 is 2.84. The second-order valence-electron chi connectivity index (χ2n) is 3.29. The number of rotatable bonds is 2. The molecule has 2 rings (SSSR count). The highest BCUT2D eigenvalue weighted by Crippen LogP contribution is 2.34. The molecule has 0 radical (unpaired) electrons. The number of hydrogen-bond acceptors (Lipinski definition) is 1. The molecule has 92 valence electrons. The molecule has 1 heterocycles. The Kier molecular flexibility index (Phi) is 2.84. The predicted octanol–water partition coefficient (Wildman–Crippen LogP) is 3.82. The summed E-state index contributed by atoms with van der Waals surface area (Å²) < 4.78 is 63.2. The number of aromatic nitrogens is 2. The Morgan fingerprint density at radius 3 is 2.53 bits per heavy atom. The molecular weight excluding hydrogens is 311 g/mol. The van der Waals surface area contributed by atoms with E-state index in [-0.39, 0.29) is 15.5 Å². The Morgan fingerprint density at radius 1 is 1.29 bits per heavy atom. The molecule has 0 saturated heterocycles. The summed E-state index contributed by atoms with van der Waals surface area (Å²) in [6.45, 7) is 0. The van der Waals surface area contributed by atoms with Crippen molar-refractivity contribution in [1.29, 1.82) is 0 Å². The number of halogens is 6. The van der Waals surface area contributed by atoms with Gasteiger partial charge in [-0.05, 0) is 22.0 Å². The summed E-state index contributed by atoms with van der Waals surface area (Å²) in [6.07, 6.45) is -3.88. The van der Waals surface area contributed by atoms with Crippen LogP contribution in [0.25, 0.3) is 11.0 Å². The fourth-order valence-electron chi connectivity index (χ4n) is 1.27. The second kappa shape index (κ2) is 3.94. The van der Waals surface area contributed by atoms with Crippen molar-refractivity contribution in [2.45, 2.75) is 12.3 Å².